The molecule has 0 unspecified atom stereocenters. The van der Waals surface area contributed by atoms with E-state index in [-0.39, 0.29) is 0 Å². The van der Waals surface area contributed by atoms with E-state index in [9.17, 15) is 8.42 Å². The van der Waals surface area contributed by atoms with E-state index < -0.39 is 9.84 Å². The molecule has 0 saturated carbocycles. The van der Waals surface area contributed by atoms with Crippen molar-refractivity contribution in [1.82, 2.24) is 0 Å². The van der Waals surface area contributed by atoms with Gasteiger partial charge < -0.3 is 0 Å². The molecule has 0 saturated heterocycles. The molecule has 0 N–H and O–H groups in total. The van der Waals surface area contributed by atoms with E-state index >= 15 is 0 Å². The molecule has 0 fully saturated rings. The summed E-state index contributed by atoms with van der Waals surface area (Å²) in [6, 6.07) is 7.04. The number of allylic oxidation sites excluding steroid dienone is 1. The molecule has 14 heavy (non-hydrogen) atoms. The lowest BCUT2D eigenvalue weighted by Crippen LogP contribution is -1.91. The highest BCUT2D eigenvalue weighted by Gasteiger charge is 2.23. The molecule has 1 aliphatic heterocycles. The lowest BCUT2D eigenvalue weighted by molar-refractivity contribution is 0.605. The van der Waals surface area contributed by atoms with Crippen molar-refractivity contribution < 1.29 is 8.42 Å². The summed E-state index contributed by atoms with van der Waals surface area (Å²) in [4.78, 5) is 0.433. The first-order chi connectivity index (χ1) is 6.61. The minimum absolute atomic E-state index is 0.433. The Labute approximate surface area is 85.2 Å². The van der Waals surface area contributed by atoms with Crippen LogP contribution in [-0.2, 0) is 9.84 Å². The van der Waals surface area contributed by atoms with Crippen LogP contribution < -0.4 is 0 Å². The third kappa shape index (κ3) is 1.73. The van der Waals surface area contributed by atoms with E-state index in [4.69, 9.17) is 0 Å². The molecule has 1 aromatic rings. The van der Waals surface area contributed by atoms with Crippen LogP contribution in [0.1, 0.15) is 26.3 Å². The van der Waals surface area contributed by atoms with Gasteiger partial charge in [-0.2, -0.15) is 0 Å². The maximum absolute atomic E-state index is 11.4. The van der Waals surface area contributed by atoms with Crippen LogP contribution in [0.4, 0.5) is 0 Å². The Morgan fingerprint density at radius 2 is 1.64 bits per heavy atom. The largest absolute Gasteiger partial charge is 0.219 e. The number of rotatable bonds is 0. The van der Waals surface area contributed by atoms with Crippen molar-refractivity contribution in [2.45, 2.75) is 25.7 Å². The molecular weight excluding hydrogens is 196 g/mol. The van der Waals surface area contributed by atoms with Crippen molar-refractivity contribution in [1.29, 1.82) is 0 Å². The molecule has 0 atom stereocenters. The fraction of sp³-hybridized carbons (Fsp3) is 0.273. The quantitative estimate of drug-likeness (QED) is 0.660. The van der Waals surface area contributed by atoms with E-state index in [1.54, 1.807) is 12.1 Å². The van der Waals surface area contributed by atoms with Crippen molar-refractivity contribution in [3.05, 3.63) is 35.2 Å². The van der Waals surface area contributed by atoms with Gasteiger partial charge in [0, 0.05) is 5.41 Å². The van der Waals surface area contributed by atoms with Crippen molar-refractivity contribution in [3.63, 3.8) is 0 Å². The minimum Gasteiger partial charge on any atom is -0.219 e. The molecule has 0 amide bonds. The predicted molar refractivity (Wildman–Crippen MR) is 58.6 cm³/mol. The first-order valence-corrected chi connectivity index (χ1v) is 6.19. The average Bonchev–Trinajstić information content (AvgIpc) is 2.42. The summed E-state index contributed by atoms with van der Waals surface area (Å²) in [5.74, 6) is 0. The zero-order valence-corrected chi connectivity index (χ0v) is 9.43. The molecule has 76 valence electrons. The predicted octanol–water partition coefficient (Wildman–Crippen LogP) is 2.86. The first kappa shape index (κ1) is 11.0. The number of fused-ring (bicyclic) bond motifs is 1. The van der Waals surface area contributed by atoms with Gasteiger partial charge in [0.15, 0.2) is 0 Å². The molecule has 0 bridgehead atoms. The summed E-state index contributed by atoms with van der Waals surface area (Å²) in [6.45, 7) is 5.81. The lowest BCUT2D eigenvalue weighted by atomic mass is 10.1. The van der Waals surface area contributed by atoms with Gasteiger partial charge in [-0.1, -0.05) is 32.0 Å². The Balaban J connectivity index is 0.000000461. The van der Waals surface area contributed by atoms with Gasteiger partial charge in [0.05, 0.1) is 4.90 Å². The number of hydrogen-bond donors (Lipinski definition) is 0. The van der Waals surface area contributed by atoms with Gasteiger partial charge >= 0.3 is 0 Å². The smallest absolute Gasteiger partial charge is 0.200 e. The van der Waals surface area contributed by atoms with Crippen LogP contribution in [0.5, 0.6) is 0 Å². The summed E-state index contributed by atoms with van der Waals surface area (Å²) in [5.41, 5.74) is 1.66. The standard InChI is InChI=1S/C9H8O2S.C2H6/c1-7-6-12(10,11)9-5-3-2-4-8(7)9;1-2/h2-6H,1H3;1-2H3. The zero-order chi connectivity index (χ0) is 10.8. The second-order valence-electron chi connectivity index (χ2n) is 2.84. The van der Waals surface area contributed by atoms with Gasteiger partial charge in [0.25, 0.3) is 0 Å². The van der Waals surface area contributed by atoms with Crippen molar-refractivity contribution in [2.75, 3.05) is 0 Å². The Hall–Kier alpha value is -1.09. The number of benzene rings is 1. The van der Waals surface area contributed by atoms with Crippen LogP contribution in [0.25, 0.3) is 5.57 Å². The van der Waals surface area contributed by atoms with Gasteiger partial charge in [0.1, 0.15) is 0 Å². The van der Waals surface area contributed by atoms with Crippen LogP contribution >= 0.6 is 0 Å². The maximum Gasteiger partial charge on any atom is 0.200 e. The van der Waals surface area contributed by atoms with Crippen molar-refractivity contribution in [2.24, 2.45) is 0 Å². The van der Waals surface area contributed by atoms with Gasteiger partial charge in [0.2, 0.25) is 9.84 Å². The van der Waals surface area contributed by atoms with E-state index in [0.717, 1.165) is 11.1 Å². The monoisotopic (exact) mass is 210 g/mol. The summed E-state index contributed by atoms with van der Waals surface area (Å²) in [6.07, 6.45) is 0. The topological polar surface area (TPSA) is 34.1 Å². The molecular formula is C11H14O2S. The third-order valence-electron chi connectivity index (χ3n) is 1.95. The van der Waals surface area contributed by atoms with Crippen molar-refractivity contribution >= 4 is 15.4 Å². The molecule has 0 aromatic heterocycles. The second kappa shape index (κ2) is 3.96. The molecule has 1 aliphatic rings. The lowest BCUT2D eigenvalue weighted by Gasteiger charge is -1.96. The molecule has 2 nitrogen and oxygen atoms in total. The zero-order valence-electron chi connectivity index (χ0n) is 8.61. The van der Waals surface area contributed by atoms with Gasteiger partial charge in [-0.05, 0) is 24.1 Å². The Morgan fingerprint density at radius 1 is 1.07 bits per heavy atom. The van der Waals surface area contributed by atoms with E-state index in [1.807, 2.05) is 32.9 Å². The highest BCUT2D eigenvalue weighted by Crippen LogP contribution is 2.32. The number of hydrogen-bond acceptors (Lipinski definition) is 2. The number of sulfone groups is 1. The Bertz CT molecular complexity index is 456. The third-order valence-corrected chi connectivity index (χ3v) is 3.58. The summed E-state index contributed by atoms with van der Waals surface area (Å²) in [5, 5.41) is 1.32. The van der Waals surface area contributed by atoms with Crippen LogP contribution in [0.2, 0.25) is 0 Å². The average molecular weight is 210 g/mol. The SMILES string of the molecule is CC.CC1=CS(=O)(=O)c2ccccc21. The van der Waals surface area contributed by atoms with Crippen molar-refractivity contribution in [3.8, 4) is 0 Å². The van der Waals surface area contributed by atoms with Gasteiger partial charge in [-0.15, -0.1) is 0 Å². The van der Waals surface area contributed by atoms with Crippen LogP contribution in [0.3, 0.4) is 0 Å². The molecule has 3 heteroatoms. The molecule has 2 rings (SSSR count). The molecule has 1 heterocycles. The molecule has 0 spiro atoms. The van der Waals surface area contributed by atoms with Gasteiger partial charge in [-0.3, -0.25) is 0 Å². The first-order valence-electron chi connectivity index (χ1n) is 4.64. The van der Waals surface area contributed by atoms with Gasteiger partial charge in [-0.25, -0.2) is 8.42 Å². The normalized spacial score (nSPS) is 16.4. The Kier molecular flexibility index (Phi) is 3.11. The highest BCUT2D eigenvalue weighted by molar-refractivity contribution is 7.95. The van der Waals surface area contributed by atoms with Crippen LogP contribution in [-0.4, -0.2) is 8.42 Å². The fourth-order valence-electron chi connectivity index (χ4n) is 1.40. The summed E-state index contributed by atoms with van der Waals surface area (Å²) in [7, 11) is -3.12. The highest BCUT2D eigenvalue weighted by atomic mass is 32.2. The van der Waals surface area contributed by atoms with Crippen LogP contribution in [0, 0.1) is 0 Å². The van der Waals surface area contributed by atoms with Crippen LogP contribution in [0.15, 0.2) is 34.6 Å². The fourth-order valence-corrected chi connectivity index (χ4v) is 2.92. The molecule has 0 aliphatic carbocycles. The maximum atomic E-state index is 11.4. The molecule has 0 radical (unpaired) electrons. The molecule has 1 aromatic carbocycles. The summed E-state index contributed by atoms with van der Waals surface area (Å²) < 4.78 is 22.8. The minimum atomic E-state index is -3.12. The van der Waals surface area contributed by atoms with E-state index in [0.29, 0.717) is 4.90 Å². The second-order valence-corrected chi connectivity index (χ2v) is 4.61. The van der Waals surface area contributed by atoms with E-state index in [1.165, 1.54) is 5.41 Å². The van der Waals surface area contributed by atoms with E-state index in [2.05, 4.69) is 0 Å². The Morgan fingerprint density at radius 3 is 2.21 bits per heavy atom. The summed E-state index contributed by atoms with van der Waals surface area (Å²) >= 11 is 0.